The number of aromatic nitrogens is 1. The van der Waals surface area contributed by atoms with E-state index in [9.17, 15) is 4.79 Å². The van der Waals surface area contributed by atoms with E-state index >= 15 is 0 Å². The van der Waals surface area contributed by atoms with Crippen molar-refractivity contribution in [3.8, 4) is 5.69 Å². The Hall–Kier alpha value is -2.21. The first kappa shape index (κ1) is 22.5. The molecule has 0 saturated heterocycles. The molecule has 2 aromatic carbocycles. The van der Waals surface area contributed by atoms with Gasteiger partial charge >= 0.3 is 0 Å². The van der Waals surface area contributed by atoms with Gasteiger partial charge in [0.2, 0.25) is 0 Å². The van der Waals surface area contributed by atoms with E-state index in [1.165, 1.54) is 5.56 Å². The maximum atomic E-state index is 12.3. The monoisotopic (exact) mass is 459 g/mol. The van der Waals surface area contributed by atoms with Gasteiger partial charge in [0.05, 0.1) is 27.2 Å². The van der Waals surface area contributed by atoms with Gasteiger partial charge in [-0.1, -0.05) is 59.6 Å². The van der Waals surface area contributed by atoms with E-state index in [-0.39, 0.29) is 11.2 Å². The quantitative estimate of drug-likeness (QED) is 0.338. The SMILES string of the molecule is Cc1cc(/C=N\NC(=O)[C@H](C)SCc2ccccc2)c(C)n1-c1cccc(Cl)c1Cl. The molecule has 0 radical (unpaired) electrons. The third-order valence-electron chi connectivity index (χ3n) is 4.73. The molecule has 156 valence electrons. The molecule has 1 amide bonds. The fraction of sp³-hybridized carbons (Fsp3) is 0.217. The van der Waals surface area contributed by atoms with Gasteiger partial charge < -0.3 is 4.57 Å². The Bertz CT molecular complexity index is 1060. The first-order chi connectivity index (χ1) is 14.4. The molecule has 0 aliphatic rings. The van der Waals surface area contributed by atoms with Crippen LogP contribution in [0.15, 0.2) is 59.7 Å². The second-order valence-electron chi connectivity index (χ2n) is 6.91. The molecule has 1 atom stereocenters. The van der Waals surface area contributed by atoms with Crippen LogP contribution in [0, 0.1) is 13.8 Å². The third kappa shape index (κ3) is 5.28. The molecular formula is C23H23Cl2N3OS. The van der Waals surface area contributed by atoms with Crippen LogP contribution in [-0.2, 0) is 10.5 Å². The van der Waals surface area contributed by atoms with E-state index in [1.807, 2.05) is 61.7 Å². The zero-order valence-corrected chi connectivity index (χ0v) is 19.4. The van der Waals surface area contributed by atoms with E-state index in [4.69, 9.17) is 23.2 Å². The van der Waals surface area contributed by atoms with Crippen molar-refractivity contribution >= 4 is 47.1 Å². The van der Waals surface area contributed by atoms with Crippen LogP contribution < -0.4 is 5.43 Å². The number of halogens is 2. The molecule has 1 N–H and O–H groups in total. The third-order valence-corrected chi connectivity index (χ3v) is 6.76. The van der Waals surface area contributed by atoms with E-state index in [1.54, 1.807) is 24.0 Å². The molecule has 4 nitrogen and oxygen atoms in total. The molecule has 30 heavy (non-hydrogen) atoms. The molecule has 0 saturated carbocycles. The lowest BCUT2D eigenvalue weighted by Crippen LogP contribution is -2.27. The molecule has 7 heteroatoms. The van der Waals surface area contributed by atoms with Gasteiger partial charge in [-0.15, -0.1) is 11.8 Å². The smallest absolute Gasteiger partial charge is 0.252 e. The summed E-state index contributed by atoms with van der Waals surface area (Å²) in [6.45, 7) is 5.85. The van der Waals surface area contributed by atoms with Crippen LogP contribution in [0.2, 0.25) is 10.0 Å². The summed E-state index contributed by atoms with van der Waals surface area (Å²) in [5, 5.41) is 4.96. The number of hydrogen-bond acceptors (Lipinski definition) is 3. The van der Waals surface area contributed by atoms with Crippen LogP contribution in [0.4, 0.5) is 0 Å². The molecule has 3 rings (SSSR count). The lowest BCUT2D eigenvalue weighted by molar-refractivity contribution is -0.120. The number of thioether (sulfide) groups is 1. The van der Waals surface area contributed by atoms with E-state index in [0.717, 1.165) is 28.4 Å². The average Bonchev–Trinajstić information content (AvgIpc) is 3.02. The van der Waals surface area contributed by atoms with E-state index in [2.05, 4.69) is 22.7 Å². The van der Waals surface area contributed by atoms with Crippen molar-refractivity contribution in [2.45, 2.75) is 31.8 Å². The Morgan fingerprint density at radius 1 is 1.17 bits per heavy atom. The molecule has 0 unspecified atom stereocenters. The summed E-state index contributed by atoms with van der Waals surface area (Å²) in [5.41, 5.74) is 7.50. The lowest BCUT2D eigenvalue weighted by Gasteiger charge is -2.12. The summed E-state index contributed by atoms with van der Waals surface area (Å²) < 4.78 is 2.02. The van der Waals surface area contributed by atoms with Crippen molar-refractivity contribution in [2.75, 3.05) is 0 Å². The number of amides is 1. The predicted octanol–water partition coefficient (Wildman–Crippen LogP) is 6.17. The summed E-state index contributed by atoms with van der Waals surface area (Å²) in [4.78, 5) is 12.3. The number of nitrogens with one attached hydrogen (secondary N) is 1. The molecule has 1 aromatic heterocycles. The fourth-order valence-electron chi connectivity index (χ4n) is 3.08. The van der Waals surface area contributed by atoms with Gasteiger partial charge in [-0.2, -0.15) is 5.10 Å². The first-order valence-electron chi connectivity index (χ1n) is 9.50. The van der Waals surface area contributed by atoms with Crippen molar-refractivity contribution in [1.29, 1.82) is 0 Å². The lowest BCUT2D eigenvalue weighted by atomic mass is 10.2. The highest BCUT2D eigenvalue weighted by molar-refractivity contribution is 7.99. The Balaban J connectivity index is 1.65. The van der Waals surface area contributed by atoms with E-state index in [0.29, 0.717) is 10.0 Å². The van der Waals surface area contributed by atoms with Gasteiger partial charge in [0.1, 0.15) is 0 Å². The Morgan fingerprint density at radius 3 is 2.63 bits per heavy atom. The number of nitrogens with zero attached hydrogens (tertiary/aromatic N) is 2. The van der Waals surface area contributed by atoms with Gasteiger partial charge in [0, 0.05) is 22.7 Å². The molecule has 0 spiro atoms. The van der Waals surface area contributed by atoms with Crippen LogP contribution in [0.25, 0.3) is 5.69 Å². The minimum absolute atomic E-state index is 0.126. The normalized spacial score (nSPS) is 12.3. The number of rotatable bonds is 7. The van der Waals surface area contributed by atoms with Crippen molar-refractivity contribution < 1.29 is 4.79 Å². The zero-order chi connectivity index (χ0) is 21.7. The van der Waals surface area contributed by atoms with Gasteiger partial charge in [-0.05, 0) is 44.5 Å². The number of carbonyl (C=O) groups is 1. The van der Waals surface area contributed by atoms with Crippen LogP contribution >= 0.6 is 35.0 Å². The zero-order valence-electron chi connectivity index (χ0n) is 17.0. The second-order valence-corrected chi connectivity index (χ2v) is 9.02. The summed E-state index contributed by atoms with van der Waals surface area (Å²) >= 11 is 14.1. The Kier molecular flexibility index (Phi) is 7.64. The standard InChI is InChI=1S/C23H23Cl2N3OS/c1-15-12-19(16(2)28(15)21-11-7-10-20(24)22(21)25)13-26-27-23(29)17(3)30-14-18-8-5-4-6-9-18/h4-13,17H,14H2,1-3H3,(H,27,29)/b26-13-/t17-/m0/s1. The number of hydrogen-bond donors (Lipinski definition) is 1. The van der Waals surface area contributed by atoms with Gasteiger partial charge in [0.25, 0.3) is 5.91 Å². The fourth-order valence-corrected chi connectivity index (χ4v) is 4.30. The molecule has 3 aromatic rings. The Morgan fingerprint density at radius 2 is 1.90 bits per heavy atom. The van der Waals surface area contributed by atoms with Crippen molar-refractivity contribution in [1.82, 2.24) is 9.99 Å². The number of aryl methyl sites for hydroxylation is 1. The van der Waals surface area contributed by atoms with Crippen molar-refractivity contribution in [3.63, 3.8) is 0 Å². The second kappa shape index (κ2) is 10.2. The maximum Gasteiger partial charge on any atom is 0.252 e. The number of carbonyl (C=O) groups excluding carboxylic acids is 1. The number of benzene rings is 2. The van der Waals surface area contributed by atoms with Gasteiger partial charge in [-0.3, -0.25) is 4.79 Å². The molecule has 0 bridgehead atoms. The van der Waals surface area contributed by atoms with Crippen molar-refractivity contribution in [3.05, 3.63) is 87.2 Å². The maximum absolute atomic E-state index is 12.3. The molecule has 0 fully saturated rings. The van der Waals surface area contributed by atoms with Crippen LogP contribution in [0.5, 0.6) is 0 Å². The average molecular weight is 460 g/mol. The summed E-state index contributed by atoms with van der Waals surface area (Å²) in [6.07, 6.45) is 1.66. The van der Waals surface area contributed by atoms with Crippen LogP contribution in [0.3, 0.4) is 0 Å². The Labute approximate surface area is 191 Å². The molecule has 0 aliphatic carbocycles. The highest BCUT2D eigenvalue weighted by atomic mass is 35.5. The largest absolute Gasteiger partial charge is 0.316 e. The minimum Gasteiger partial charge on any atom is -0.316 e. The highest BCUT2D eigenvalue weighted by Crippen LogP contribution is 2.31. The molecular weight excluding hydrogens is 437 g/mol. The predicted molar refractivity (Wildman–Crippen MR) is 128 cm³/mol. The van der Waals surface area contributed by atoms with E-state index < -0.39 is 0 Å². The van der Waals surface area contributed by atoms with Crippen LogP contribution in [0.1, 0.15) is 29.4 Å². The van der Waals surface area contributed by atoms with Crippen molar-refractivity contribution in [2.24, 2.45) is 5.10 Å². The van der Waals surface area contributed by atoms with Gasteiger partial charge in [-0.25, -0.2) is 5.43 Å². The van der Waals surface area contributed by atoms with Gasteiger partial charge in [0.15, 0.2) is 0 Å². The molecule has 0 aliphatic heterocycles. The molecule has 1 heterocycles. The minimum atomic E-state index is -0.208. The van der Waals surface area contributed by atoms with Crippen LogP contribution in [-0.4, -0.2) is 21.9 Å². The first-order valence-corrected chi connectivity index (χ1v) is 11.3. The summed E-state index contributed by atoms with van der Waals surface area (Å²) in [6, 6.07) is 17.6. The highest BCUT2D eigenvalue weighted by Gasteiger charge is 2.15. The summed E-state index contributed by atoms with van der Waals surface area (Å²) in [7, 11) is 0. The topological polar surface area (TPSA) is 46.4 Å². The number of hydrazone groups is 1. The summed E-state index contributed by atoms with van der Waals surface area (Å²) in [5.74, 6) is 0.652.